The number of hydrogen-bond acceptors (Lipinski definition) is 2. The number of hydrogen-bond donors (Lipinski definition) is 0. The molecule has 0 saturated heterocycles. The average molecular weight is 262 g/mol. The SMILES string of the molecule is COc1ccc(-c2cc(F)c(C)cc2F)c(C=O)c1. The Bertz CT molecular complexity index is 636. The van der Waals surface area contributed by atoms with E-state index in [-0.39, 0.29) is 16.7 Å². The summed E-state index contributed by atoms with van der Waals surface area (Å²) in [6.45, 7) is 1.48. The van der Waals surface area contributed by atoms with Gasteiger partial charge in [-0.1, -0.05) is 0 Å². The van der Waals surface area contributed by atoms with Gasteiger partial charge in [-0.3, -0.25) is 4.79 Å². The van der Waals surface area contributed by atoms with E-state index in [1.54, 1.807) is 6.07 Å². The van der Waals surface area contributed by atoms with Crippen molar-refractivity contribution in [1.82, 2.24) is 0 Å². The number of carbonyl (C=O) groups excluding carboxylic acids is 1. The van der Waals surface area contributed by atoms with Gasteiger partial charge in [-0.05, 0) is 48.4 Å². The second-order valence-corrected chi connectivity index (χ2v) is 4.15. The van der Waals surface area contributed by atoms with Crippen LogP contribution in [0.4, 0.5) is 8.78 Å². The van der Waals surface area contributed by atoms with E-state index in [0.29, 0.717) is 17.6 Å². The second-order valence-electron chi connectivity index (χ2n) is 4.15. The first kappa shape index (κ1) is 13.2. The maximum Gasteiger partial charge on any atom is 0.150 e. The third-order valence-corrected chi connectivity index (χ3v) is 2.92. The van der Waals surface area contributed by atoms with Crippen molar-refractivity contribution < 1.29 is 18.3 Å². The van der Waals surface area contributed by atoms with Crippen LogP contribution in [0.15, 0.2) is 30.3 Å². The van der Waals surface area contributed by atoms with Crippen LogP contribution in [0.2, 0.25) is 0 Å². The lowest BCUT2D eigenvalue weighted by Crippen LogP contribution is -1.95. The van der Waals surface area contributed by atoms with Gasteiger partial charge in [0.05, 0.1) is 7.11 Å². The highest BCUT2D eigenvalue weighted by molar-refractivity contribution is 5.88. The number of carbonyl (C=O) groups is 1. The van der Waals surface area contributed by atoms with Crippen molar-refractivity contribution in [3.05, 3.63) is 53.1 Å². The molecule has 2 nitrogen and oxygen atoms in total. The van der Waals surface area contributed by atoms with Crippen LogP contribution in [-0.4, -0.2) is 13.4 Å². The van der Waals surface area contributed by atoms with Crippen LogP contribution < -0.4 is 4.74 Å². The summed E-state index contributed by atoms with van der Waals surface area (Å²) in [5.41, 5.74) is 0.879. The molecule has 0 saturated carbocycles. The maximum atomic E-state index is 13.9. The topological polar surface area (TPSA) is 26.3 Å². The summed E-state index contributed by atoms with van der Waals surface area (Å²) in [5.74, 6) is -0.588. The molecule has 0 aliphatic carbocycles. The third-order valence-electron chi connectivity index (χ3n) is 2.92. The summed E-state index contributed by atoms with van der Waals surface area (Å²) in [5, 5.41) is 0. The van der Waals surface area contributed by atoms with Crippen molar-refractivity contribution in [3.8, 4) is 16.9 Å². The molecule has 0 aliphatic rings. The summed E-state index contributed by atoms with van der Waals surface area (Å²) in [4.78, 5) is 11.1. The first-order valence-electron chi connectivity index (χ1n) is 5.66. The minimum absolute atomic E-state index is 0.0628. The fourth-order valence-corrected chi connectivity index (χ4v) is 1.86. The summed E-state index contributed by atoms with van der Waals surface area (Å²) < 4.78 is 32.4. The summed E-state index contributed by atoms with van der Waals surface area (Å²) >= 11 is 0. The van der Waals surface area contributed by atoms with Gasteiger partial charge in [0, 0.05) is 11.1 Å². The maximum absolute atomic E-state index is 13.9. The first-order valence-corrected chi connectivity index (χ1v) is 5.66. The highest BCUT2D eigenvalue weighted by Crippen LogP contribution is 2.30. The quantitative estimate of drug-likeness (QED) is 0.787. The van der Waals surface area contributed by atoms with E-state index in [1.807, 2.05) is 0 Å². The summed E-state index contributed by atoms with van der Waals surface area (Å²) in [6, 6.07) is 6.83. The molecule has 19 heavy (non-hydrogen) atoms. The van der Waals surface area contributed by atoms with E-state index in [9.17, 15) is 13.6 Å². The standard InChI is InChI=1S/C15H12F2O2/c1-9-5-15(17)13(7-14(9)16)12-4-3-11(19-2)6-10(12)8-18/h3-8H,1-2H3. The van der Waals surface area contributed by atoms with E-state index >= 15 is 0 Å². The molecule has 0 aliphatic heterocycles. The second kappa shape index (κ2) is 5.18. The van der Waals surface area contributed by atoms with E-state index in [2.05, 4.69) is 0 Å². The van der Waals surface area contributed by atoms with E-state index in [4.69, 9.17) is 4.74 Å². The van der Waals surface area contributed by atoms with Crippen LogP contribution in [-0.2, 0) is 0 Å². The number of benzene rings is 2. The molecule has 98 valence electrons. The van der Waals surface area contributed by atoms with Crippen molar-refractivity contribution in [2.45, 2.75) is 6.92 Å². The molecular formula is C15H12F2O2. The molecule has 0 bridgehead atoms. The van der Waals surface area contributed by atoms with Crippen molar-refractivity contribution in [2.75, 3.05) is 7.11 Å². The normalized spacial score (nSPS) is 10.3. The number of halogens is 2. The van der Waals surface area contributed by atoms with Crippen molar-refractivity contribution in [1.29, 1.82) is 0 Å². The van der Waals surface area contributed by atoms with E-state index in [1.165, 1.54) is 26.2 Å². The molecule has 0 radical (unpaired) electrons. The molecule has 0 aromatic heterocycles. The van der Waals surface area contributed by atoms with Gasteiger partial charge in [-0.15, -0.1) is 0 Å². The van der Waals surface area contributed by atoms with Crippen molar-refractivity contribution in [3.63, 3.8) is 0 Å². The highest BCUT2D eigenvalue weighted by Gasteiger charge is 2.13. The molecule has 2 rings (SSSR count). The first-order chi connectivity index (χ1) is 9.06. The summed E-state index contributed by atoms with van der Waals surface area (Å²) in [6.07, 6.45) is 0.592. The Labute approximate surface area is 109 Å². The lowest BCUT2D eigenvalue weighted by molar-refractivity contribution is 0.112. The van der Waals surface area contributed by atoms with E-state index in [0.717, 1.165) is 12.1 Å². The van der Waals surface area contributed by atoms with Gasteiger partial charge in [0.15, 0.2) is 6.29 Å². The molecule has 0 fully saturated rings. The smallest absolute Gasteiger partial charge is 0.150 e. The fourth-order valence-electron chi connectivity index (χ4n) is 1.86. The van der Waals surface area contributed by atoms with Gasteiger partial charge in [0.1, 0.15) is 17.4 Å². The average Bonchev–Trinajstić information content (AvgIpc) is 2.42. The van der Waals surface area contributed by atoms with Gasteiger partial charge >= 0.3 is 0 Å². The highest BCUT2D eigenvalue weighted by atomic mass is 19.1. The summed E-state index contributed by atoms with van der Waals surface area (Å²) in [7, 11) is 1.47. The van der Waals surface area contributed by atoms with Crippen LogP contribution in [0.3, 0.4) is 0 Å². The van der Waals surface area contributed by atoms with Crippen LogP contribution in [0.1, 0.15) is 15.9 Å². The lowest BCUT2D eigenvalue weighted by Gasteiger charge is -2.09. The van der Waals surface area contributed by atoms with Crippen LogP contribution in [0.25, 0.3) is 11.1 Å². The van der Waals surface area contributed by atoms with Crippen molar-refractivity contribution >= 4 is 6.29 Å². The number of rotatable bonds is 3. The van der Waals surface area contributed by atoms with Crippen LogP contribution >= 0.6 is 0 Å². The largest absolute Gasteiger partial charge is 0.497 e. The molecule has 0 heterocycles. The third kappa shape index (κ3) is 2.47. The Morgan fingerprint density at radius 1 is 1.05 bits per heavy atom. The molecule has 0 spiro atoms. The zero-order chi connectivity index (χ0) is 14.0. The Kier molecular flexibility index (Phi) is 3.60. The molecule has 0 atom stereocenters. The lowest BCUT2D eigenvalue weighted by atomic mass is 9.98. The fraction of sp³-hybridized carbons (Fsp3) is 0.133. The van der Waals surface area contributed by atoms with Gasteiger partial charge in [-0.25, -0.2) is 8.78 Å². The molecule has 0 unspecified atom stereocenters. The van der Waals surface area contributed by atoms with Crippen LogP contribution in [0, 0.1) is 18.6 Å². The van der Waals surface area contributed by atoms with E-state index < -0.39 is 11.6 Å². The number of ether oxygens (including phenoxy) is 1. The number of aryl methyl sites for hydroxylation is 1. The van der Waals surface area contributed by atoms with Gasteiger partial charge in [0.25, 0.3) is 0 Å². The molecule has 2 aromatic carbocycles. The number of methoxy groups -OCH3 is 1. The molecule has 2 aromatic rings. The van der Waals surface area contributed by atoms with Crippen molar-refractivity contribution in [2.24, 2.45) is 0 Å². The Balaban J connectivity index is 2.65. The molecule has 4 heteroatoms. The predicted molar refractivity (Wildman–Crippen MR) is 68.5 cm³/mol. The zero-order valence-electron chi connectivity index (χ0n) is 10.5. The minimum Gasteiger partial charge on any atom is -0.497 e. The van der Waals surface area contributed by atoms with Crippen LogP contribution in [0.5, 0.6) is 5.75 Å². The van der Waals surface area contributed by atoms with Gasteiger partial charge in [-0.2, -0.15) is 0 Å². The predicted octanol–water partition coefficient (Wildman–Crippen LogP) is 3.76. The Morgan fingerprint density at radius 3 is 2.42 bits per heavy atom. The Hall–Kier alpha value is -2.23. The number of aldehydes is 1. The molecule has 0 N–H and O–H groups in total. The molecule has 0 amide bonds. The van der Waals surface area contributed by atoms with Gasteiger partial charge in [0.2, 0.25) is 0 Å². The Morgan fingerprint density at radius 2 is 1.79 bits per heavy atom. The van der Waals surface area contributed by atoms with Gasteiger partial charge < -0.3 is 4.74 Å². The zero-order valence-corrected chi connectivity index (χ0v) is 10.5. The molecular weight excluding hydrogens is 250 g/mol. The monoisotopic (exact) mass is 262 g/mol. The minimum atomic E-state index is -0.563.